The van der Waals surface area contributed by atoms with Crippen LogP contribution in [-0.4, -0.2) is 78.4 Å². The van der Waals surface area contributed by atoms with E-state index in [1.165, 1.54) is 18.6 Å². The lowest BCUT2D eigenvalue weighted by atomic mass is 9.92. The van der Waals surface area contributed by atoms with Crippen LogP contribution < -0.4 is 5.32 Å². The minimum Gasteiger partial charge on any atom is -0.351 e. The molecule has 1 aromatic carbocycles. The summed E-state index contributed by atoms with van der Waals surface area (Å²) in [5.74, 6) is 1.07. The second-order valence-electron chi connectivity index (χ2n) is 9.08. The Morgan fingerprint density at radius 1 is 1.07 bits per heavy atom. The summed E-state index contributed by atoms with van der Waals surface area (Å²) in [7, 11) is 0. The van der Waals surface area contributed by atoms with Gasteiger partial charge in [-0.05, 0) is 42.9 Å². The van der Waals surface area contributed by atoms with E-state index in [1.807, 2.05) is 11.8 Å². The number of likely N-dealkylation sites (tertiary alicyclic amines) is 1. The van der Waals surface area contributed by atoms with Crippen molar-refractivity contribution in [2.75, 3.05) is 45.8 Å². The average Bonchev–Trinajstić information content (AvgIpc) is 2.72. The summed E-state index contributed by atoms with van der Waals surface area (Å²) in [5, 5.41) is 2.93. The number of hydrogen-bond donors (Lipinski definition) is 1. The molecule has 3 atom stereocenters. The molecule has 30 heavy (non-hydrogen) atoms. The summed E-state index contributed by atoms with van der Waals surface area (Å²) in [6.45, 7) is 12.1. The van der Waals surface area contributed by atoms with Gasteiger partial charge in [-0.25, -0.2) is 4.39 Å². The molecule has 1 aromatic rings. The van der Waals surface area contributed by atoms with E-state index in [0.29, 0.717) is 24.9 Å². The number of halogens is 1. The van der Waals surface area contributed by atoms with Gasteiger partial charge in [0.1, 0.15) is 5.82 Å². The van der Waals surface area contributed by atoms with Crippen molar-refractivity contribution in [1.82, 2.24) is 20.0 Å². The molecule has 0 spiro atoms. The maximum absolute atomic E-state index is 13.0. The standard InChI is InChI=1S/C23H35FN4O2/c1-17-12-18(2)15-28(14-17)22(29)16-26-8-10-27(11-9-26)19(3)23(30)25-13-20-4-6-21(24)7-5-20/h4-7,17-19H,8-16H2,1-3H3,(H,25,30)/t17-,18-,19+/m1/s1. The molecule has 0 aromatic heterocycles. The number of hydrogen-bond acceptors (Lipinski definition) is 4. The predicted molar refractivity (Wildman–Crippen MR) is 115 cm³/mol. The van der Waals surface area contributed by atoms with E-state index in [-0.39, 0.29) is 23.7 Å². The van der Waals surface area contributed by atoms with E-state index in [4.69, 9.17) is 0 Å². The van der Waals surface area contributed by atoms with E-state index in [1.54, 1.807) is 12.1 Å². The van der Waals surface area contributed by atoms with Crippen molar-refractivity contribution in [2.24, 2.45) is 11.8 Å². The highest BCUT2D eigenvalue weighted by Crippen LogP contribution is 2.21. The zero-order valence-corrected chi connectivity index (χ0v) is 18.4. The number of nitrogens with one attached hydrogen (secondary N) is 1. The Hall–Kier alpha value is -1.99. The summed E-state index contributed by atoms with van der Waals surface area (Å²) in [6.07, 6.45) is 1.20. The van der Waals surface area contributed by atoms with E-state index in [9.17, 15) is 14.0 Å². The summed E-state index contributed by atoms with van der Waals surface area (Å²) < 4.78 is 13.0. The molecule has 2 amide bonds. The van der Waals surface area contributed by atoms with Crippen LogP contribution in [0.3, 0.4) is 0 Å². The molecule has 2 saturated heterocycles. The van der Waals surface area contributed by atoms with Gasteiger partial charge < -0.3 is 10.2 Å². The lowest BCUT2D eigenvalue weighted by Crippen LogP contribution is -2.55. The predicted octanol–water partition coefficient (Wildman–Crippen LogP) is 1.95. The minimum absolute atomic E-state index is 0.0276. The van der Waals surface area contributed by atoms with Gasteiger partial charge in [-0.1, -0.05) is 26.0 Å². The maximum Gasteiger partial charge on any atom is 0.237 e. The Kier molecular flexibility index (Phi) is 7.83. The Bertz CT molecular complexity index is 708. The molecule has 2 aliphatic heterocycles. The molecule has 6 nitrogen and oxygen atoms in total. The molecule has 0 unspecified atom stereocenters. The van der Waals surface area contributed by atoms with Crippen LogP contribution in [-0.2, 0) is 16.1 Å². The van der Waals surface area contributed by atoms with Crippen LogP contribution >= 0.6 is 0 Å². The Balaban J connectivity index is 1.40. The minimum atomic E-state index is -0.279. The SMILES string of the molecule is C[C@@H]1C[C@@H](C)CN(C(=O)CN2CCN([C@@H](C)C(=O)NCc3ccc(F)cc3)CC2)C1. The van der Waals surface area contributed by atoms with Gasteiger partial charge in [-0.15, -0.1) is 0 Å². The van der Waals surface area contributed by atoms with Crippen LogP contribution in [0.15, 0.2) is 24.3 Å². The molecule has 166 valence electrons. The molecule has 0 radical (unpaired) electrons. The van der Waals surface area contributed by atoms with Gasteiger partial charge in [0.2, 0.25) is 11.8 Å². The summed E-state index contributed by atoms with van der Waals surface area (Å²) in [4.78, 5) is 31.6. The van der Waals surface area contributed by atoms with E-state index in [0.717, 1.165) is 44.8 Å². The van der Waals surface area contributed by atoms with Crippen molar-refractivity contribution in [3.05, 3.63) is 35.6 Å². The van der Waals surface area contributed by atoms with Crippen LogP contribution in [0.2, 0.25) is 0 Å². The number of amides is 2. The molecule has 0 bridgehead atoms. The Morgan fingerprint density at radius 2 is 1.67 bits per heavy atom. The van der Waals surface area contributed by atoms with Crippen molar-refractivity contribution in [2.45, 2.75) is 39.8 Å². The van der Waals surface area contributed by atoms with Crippen LogP contribution in [0.1, 0.15) is 32.8 Å². The molecule has 0 saturated carbocycles. The summed E-state index contributed by atoms with van der Waals surface area (Å²) in [5.41, 5.74) is 0.877. The normalized spacial score (nSPS) is 24.5. The van der Waals surface area contributed by atoms with E-state index >= 15 is 0 Å². The molecule has 2 heterocycles. The molecule has 0 aliphatic carbocycles. The molecular weight excluding hydrogens is 383 g/mol. The topological polar surface area (TPSA) is 55.9 Å². The van der Waals surface area contributed by atoms with Crippen molar-refractivity contribution < 1.29 is 14.0 Å². The fourth-order valence-electron chi connectivity index (χ4n) is 4.57. The lowest BCUT2D eigenvalue weighted by molar-refractivity contribution is -0.136. The zero-order chi connectivity index (χ0) is 21.7. The lowest BCUT2D eigenvalue weighted by Gasteiger charge is -2.39. The van der Waals surface area contributed by atoms with Crippen molar-refractivity contribution in [3.8, 4) is 0 Å². The first kappa shape index (κ1) is 22.7. The third-order valence-corrected chi connectivity index (χ3v) is 6.29. The first-order valence-electron chi connectivity index (χ1n) is 11.1. The number of piperazine rings is 1. The highest BCUT2D eigenvalue weighted by Gasteiger charge is 2.29. The molecule has 2 aliphatic rings. The van der Waals surface area contributed by atoms with Gasteiger partial charge in [0.25, 0.3) is 0 Å². The monoisotopic (exact) mass is 418 g/mol. The average molecular weight is 419 g/mol. The van der Waals surface area contributed by atoms with Gasteiger partial charge in [0.15, 0.2) is 0 Å². The second kappa shape index (κ2) is 10.4. The molecule has 1 N–H and O–H groups in total. The third kappa shape index (κ3) is 6.25. The van der Waals surface area contributed by atoms with Gasteiger partial charge in [0, 0.05) is 45.8 Å². The number of nitrogens with zero attached hydrogens (tertiary/aromatic N) is 3. The molecule has 3 rings (SSSR count). The molecule has 7 heteroatoms. The second-order valence-corrected chi connectivity index (χ2v) is 9.08. The number of rotatable bonds is 6. The fourth-order valence-corrected chi connectivity index (χ4v) is 4.57. The number of carbonyl (C=O) groups is 2. The van der Waals surface area contributed by atoms with Crippen LogP contribution in [0.25, 0.3) is 0 Å². The number of piperidine rings is 1. The first-order chi connectivity index (χ1) is 14.3. The van der Waals surface area contributed by atoms with Crippen molar-refractivity contribution in [1.29, 1.82) is 0 Å². The Morgan fingerprint density at radius 3 is 2.27 bits per heavy atom. The van der Waals surface area contributed by atoms with Crippen LogP contribution in [0.5, 0.6) is 0 Å². The van der Waals surface area contributed by atoms with Crippen molar-refractivity contribution >= 4 is 11.8 Å². The first-order valence-corrected chi connectivity index (χ1v) is 11.1. The van der Waals surface area contributed by atoms with Gasteiger partial charge in [-0.3, -0.25) is 19.4 Å². The Labute approximate surface area is 179 Å². The summed E-state index contributed by atoms with van der Waals surface area (Å²) >= 11 is 0. The fraction of sp³-hybridized carbons (Fsp3) is 0.652. The van der Waals surface area contributed by atoms with E-state index < -0.39 is 0 Å². The smallest absolute Gasteiger partial charge is 0.237 e. The number of carbonyl (C=O) groups excluding carboxylic acids is 2. The quantitative estimate of drug-likeness (QED) is 0.767. The maximum atomic E-state index is 13.0. The molecule has 2 fully saturated rings. The van der Waals surface area contributed by atoms with E-state index in [2.05, 4.69) is 29.0 Å². The third-order valence-electron chi connectivity index (χ3n) is 6.29. The highest BCUT2D eigenvalue weighted by molar-refractivity contribution is 5.81. The largest absolute Gasteiger partial charge is 0.351 e. The summed E-state index contributed by atoms with van der Waals surface area (Å²) in [6, 6.07) is 5.93. The van der Waals surface area contributed by atoms with Gasteiger partial charge in [0.05, 0.1) is 12.6 Å². The molecular formula is C23H35FN4O2. The van der Waals surface area contributed by atoms with Crippen molar-refractivity contribution in [3.63, 3.8) is 0 Å². The van der Waals surface area contributed by atoms with Gasteiger partial charge in [-0.2, -0.15) is 0 Å². The van der Waals surface area contributed by atoms with Crippen LogP contribution in [0, 0.1) is 17.7 Å². The zero-order valence-electron chi connectivity index (χ0n) is 18.4. The van der Waals surface area contributed by atoms with Gasteiger partial charge >= 0.3 is 0 Å². The van der Waals surface area contributed by atoms with Crippen LogP contribution in [0.4, 0.5) is 4.39 Å². The number of benzene rings is 1. The highest BCUT2D eigenvalue weighted by atomic mass is 19.1.